The van der Waals surface area contributed by atoms with Crippen LogP contribution in [0.25, 0.3) is 0 Å². The van der Waals surface area contributed by atoms with Gasteiger partial charge in [0, 0.05) is 6.42 Å². The normalized spacial score (nSPS) is 11.4. The van der Waals surface area contributed by atoms with Crippen LogP contribution in [-0.2, 0) is 0 Å². The third-order valence-electron chi connectivity index (χ3n) is 2.37. The van der Waals surface area contributed by atoms with E-state index < -0.39 is 0 Å². The van der Waals surface area contributed by atoms with E-state index in [9.17, 15) is 4.91 Å². The molecule has 0 radical (unpaired) electrons. The Morgan fingerprint density at radius 2 is 1.88 bits per heavy atom. The van der Waals surface area contributed by atoms with Crippen LogP contribution in [0.15, 0.2) is 40.5 Å². The Bertz CT molecular complexity index is 333. The Morgan fingerprint density at radius 3 is 2.50 bits per heavy atom. The van der Waals surface area contributed by atoms with Crippen LogP contribution >= 0.6 is 0 Å². The van der Waals surface area contributed by atoms with Crippen molar-refractivity contribution in [1.29, 1.82) is 0 Å². The summed E-state index contributed by atoms with van der Waals surface area (Å²) in [5, 5.41) is 2.98. The number of hydrogen-bond acceptors (Lipinski definition) is 2. The molecule has 0 bridgehead atoms. The highest BCUT2D eigenvalue weighted by atomic mass is 16.3. The summed E-state index contributed by atoms with van der Waals surface area (Å²) in [5.74, 6) is 0.405. The Kier molecular flexibility index (Phi) is 6.07. The van der Waals surface area contributed by atoms with E-state index in [0.29, 0.717) is 12.3 Å². The summed E-state index contributed by atoms with van der Waals surface area (Å²) in [7, 11) is 0. The highest BCUT2D eigenvalue weighted by molar-refractivity contribution is 5.85. The number of nitroso groups, excluding NO2 is 1. The quantitative estimate of drug-likeness (QED) is 0.301. The molecule has 0 N–H and O–H groups in total. The molecule has 16 heavy (non-hydrogen) atoms. The molecule has 0 fully saturated rings. The minimum absolute atomic E-state index is 0.405. The molecule has 3 nitrogen and oxygen atoms in total. The minimum Gasteiger partial charge on any atom is -0.230 e. The van der Waals surface area contributed by atoms with Gasteiger partial charge in [0.15, 0.2) is 5.84 Å². The van der Waals surface area contributed by atoms with Gasteiger partial charge in [-0.2, -0.15) is 0 Å². The molecule has 86 valence electrons. The second-order valence-electron chi connectivity index (χ2n) is 3.77. The fraction of sp³-hybridized carbons (Fsp3) is 0.462. The highest BCUT2D eigenvalue weighted by Crippen LogP contribution is 2.13. The van der Waals surface area contributed by atoms with E-state index in [-0.39, 0.29) is 0 Å². The van der Waals surface area contributed by atoms with Crippen LogP contribution in [0, 0.1) is 4.91 Å². The number of amidine groups is 1. The molecular weight excluding hydrogens is 200 g/mol. The SMILES string of the molecule is CCCCCCC(N=O)=Nc1ccccc1. The monoisotopic (exact) mass is 218 g/mol. The Hall–Kier alpha value is -1.51. The number of benzene rings is 1. The molecule has 0 aromatic heterocycles. The second kappa shape index (κ2) is 7.74. The van der Waals surface area contributed by atoms with Gasteiger partial charge in [0.25, 0.3) is 0 Å². The van der Waals surface area contributed by atoms with Gasteiger partial charge in [0.05, 0.1) is 5.69 Å². The van der Waals surface area contributed by atoms with Gasteiger partial charge in [-0.05, 0) is 23.7 Å². The predicted octanol–water partition coefficient (Wildman–Crippen LogP) is 4.45. The van der Waals surface area contributed by atoms with Crippen molar-refractivity contribution >= 4 is 11.5 Å². The molecule has 3 heteroatoms. The molecule has 0 heterocycles. The van der Waals surface area contributed by atoms with E-state index >= 15 is 0 Å². The molecule has 0 unspecified atom stereocenters. The van der Waals surface area contributed by atoms with Crippen molar-refractivity contribution in [3.8, 4) is 0 Å². The molecular formula is C13H18N2O. The van der Waals surface area contributed by atoms with Gasteiger partial charge in [0.1, 0.15) is 0 Å². The topological polar surface area (TPSA) is 41.8 Å². The van der Waals surface area contributed by atoms with Crippen molar-refractivity contribution in [2.75, 3.05) is 0 Å². The van der Waals surface area contributed by atoms with Gasteiger partial charge >= 0.3 is 0 Å². The van der Waals surface area contributed by atoms with E-state index in [1.165, 1.54) is 12.8 Å². The molecule has 0 spiro atoms. The molecule has 1 rings (SSSR count). The van der Waals surface area contributed by atoms with Crippen LogP contribution in [0.1, 0.15) is 39.0 Å². The number of hydrogen-bond donors (Lipinski definition) is 0. The van der Waals surface area contributed by atoms with Crippen molar-refractivity contribution in [2.24, 2.45) is 10.2 Å². The number of nitrogens with zero attached hydrogens (tertiary/aromatic N) is 2. The average Bonchev–Trinajstić information content (AvgIpc) is 2.34. The van der Waals surface area contributed by atoms with Gasteiger partial charge in [0.2, 0.25) is 0 Å². The fourth-order valence-electron chi connectivity index (χ4n) is 1.48. The van der Waals surface area contributed by atoms with Gasteiger partial charge in [-0.3, -0.25) is 0 Å². The van der Waals surface area contributed by atoms with E-state index in [1.807, 2.05) is 30.3 Å². The maximum absolute atomic E-state index is 10.6. The zero-order valence-corrected chi connectivity index (χ0v) is 9.72. The van der Waals surface area contributed by atoms with Crippen LogP contribution < -0.4 is 0 Å². The molecule has 0 atom stereocenters. The first-order valence-electron chi connectivity index (χ1n) is 5.82. The van der Waals surface area contributed by atoms with Crippen LogP contribution in [-0.4, -0.2) is 5.84 Å². The lowest BCUT2D eigenvalue weighted by atomic mass is 10.1. The van der Waals surface area contributed by atoms with Gasteiger partial charge in [-0.1, -0.05) is 44.4 Å². The molecule has 0 saturated carbocycles. The fourth-order valence-corrected chi connectivity index (χ4v) is 1.48. The Labute approximate surface area is 96.6 Å². The summed E-state index contributed by atoms with van der Waals surface area (Å²) in [6, 6.07) is 9.47. The standard InChI is InChI=1S/C13H18N2O/c1-2-3-4-8-11-13(15-16)14-12-9-6-5-7-10-12/h5-7,9-10H,2-4,8,11H2,1H3. The zero-order chi connectivity index (χ0) is 11.6. The third kappa shape index (κ3) is 4.82. The zero-order valence-electron chi connectivity index (χ0n) is 9.72. The average molecular weight is 218 g/mol. The lowest BCUT2D eigenvalue weighted by Crippen LogP contribution is -1.92. The van der Waals surface area contributed by atoms with Crippen LogP contribution in [0.4, 0.5) is 5.69 Å². The maximum Gasteiger partial charge on any atom is 0.173 e. The number of para-hydroxylation sites is 1. The lowest BCUT2D eigenvalue weighted by Gasteiger charge is -1.98. The van der Waals surface area contributed by atoms with Crippen LogP contribution in [0.2, 0.25) is 0 Å². The summed E-state index contributed by atoms with van der Waals surface area (Å²) in [5.41, 5.74) is 0.799. The molecule has 0 aliphatic rings. The Morgan fingerprint density at radius 1 is 1.12 bits per heavy atom. The summed E-state index contributed by atoms with van der Waals surface area (Å²) in [6.45, 7) is 2.16. The van der Waals surface area contributed by atoms with Crippen LogP contribution in [0.5, 0.6) is 0 Å². The first kappa shape index (κ1) is 12.6. The number of aliphatic imine (C=N–C) groups is 1. The predicted molar refractivity (Wildman–Crippen MR) is 68.1 cm³/mol. The molecule has 1 aromatic carbocycles. The summed E-state index contributed by atoms with van der Waals surface area (Å²) in [6.07, 6.45) is 5.21. The van der Waals surface area contributed by atoms with Gasteiger partial charge in [-0.25, -0.2) is 4.99 Å². The molecule has 1 aromatic rings. The summed E-state index contributed by atoms with van der Waals surface area (Å²) >= 11 is 0. The molecule has 0 amide bonds. The van der Waals surface area contributed by atoms with E-state index in [1.54, 1.807) is 0 Å². The first-order valence-corrected chi connectivity index (χ1v) is 5.82. The lowest BCUT2D eigenvalue weighted by molar-refractivity contribution is 0.681. The molecule has 0 aliphatic heterocycles. The van der Waals surface area contributed by atoms with Crippen molar-refractivity contribution < 1.29 is 0 Å². The van der Waals surface area contributed by atoms with Crippen molar-refractivity contribution in [3.63, 3.8) is 0 Å². The van der Waals surface area contributed by atoms with Crippen molar-refractivity contribution in [1.82, 2.24) is 0 Å². The minimum atomic E-state index is 0.405. The molecule has 0 saturated heterocycles. The highest BCUT2D eigenvalue weighted by Gasteiger charge is 1.99. The second-order valence-corrected chi connectivity index (χ2v) is 3.77. The molecule has 0 aliphatic carbocycles. The van der Waals surface area contributed by atoms with Crippen molar-refractivity contribution in [2.45, 2.75) is 39.0 Å². The maximum atomic E-state index is 10.6. The van der Waals surface area contributed by atoms with E-state index in [2.05, 4.69) is 17.1 Å². The Balaban J connectivity index is 2.47. The summed E-state index contributed by atoms with van der Waals surface area (Å²) < 4.78 is 0. The van der Waals surface area contributed by atoms with Gasteiger partial charge in [-0.15, -0.1) is 4.91 Å². The summed E-state index contributed by atoms with van der Waals surface area (Å²) in [4.78, 5) is 14.8. The largest absolute Gasteiger partial charge is 0.230 e. The van der Waals surface area contributed by atoms with Crippen LogP contribution in [0.3, 0.4) is 0 Å². The smallest absolute Gasteiger partial charge is 0.173 e. The van der Waals surface area contributed by atoms with E-state index in [4.69, 9.17) is 0 Å². The van der Waals surface area contributed by atoms with E-state index in [0.717, 1.165) is 18.5 Å². The number of rotatable bonds is 6. The number of unbranched alkanes of at least 4 members (excludes halogenated alkanes) is 3. The van der Waals surface area contributed by atoms with Crippen molar-refractivity contribution in [3.05, 3.63) is 35.2 Å². The van der Waals surface area contributed by atoms with Gasteiger partial charge < -0.3 is 0 Å². The third-order valence-corrected chi connectivity index (χ3v) is 2.37. The first-order chi connectivity index (χ1) is 7.86.